The quantitative estimate of drug-likeness (QED) is 0.159. The predicted octanol–water partition coefficient (Wildman–Crippen LogP) is 3.39. The monoisotopic (exact) mass is 725 g/mol. The molecule has 0 aromatic heterocycles. The summed E-state index contributed by atoms with van der Waals surface area (Å²) in [6.07, 6.45) is 8.25. The van der Waals surface area contributed by atoms with Gasteiger partial charge in [0.2, 0.25) is 23.5 Å². The summed E-state index contributed by atoms with van der Waals surface area (Å²) < 4.78 is 5.40. The second kappa shape index (κ2) is 19.4. The van der Waals surface area contributed by atoms with E-state index in [2.05, 4.69) is 21.3 Å². The van der Waals surface area contributed by atoms with Crippen molar-refractivity contribution < 1.29 is 43.4 Å². The second-order valence-corrected chi connectivity index (χ2v) is 14.8. The van der Waals surface area contributed by atoms with Gasteiger partial charge >= 0.3 is 12.1 Å². The SMILES string of the molecule is CCCC(NC(=O)[C@@H]1C[C@@H]2CCCC[C@@H]2N1C(=O)[C@@H](NC(=O)OCC(C)C)C1CCCCC1)C(=O)C(=O)NCC(=O)N[C@H](C(=O)O)c1ccccc1. The molecule has 0 bridgehead atoms. The van der Waals surface area contributed by atoms with Gasteiger partial charge in [0.15, 0.2) is 6.04 Å². The molecule has 6 atom stereocenters. The van der Waals surface area contributed by atoms with Crippen LogP contribution in [0.5, 0.6) is 0 Å². The molecule has 52 heavy (non-hydrogen) atoms. The van der Waals surface area contributed by atoms with Crippen LogP contribution in [0.2, 0.25) is 0 Å². The van der Waals surface area contributed by atoms with Crippen LogP contribution >= 0.6 is 0 Å². The first-order valence-electron chi connectivity index (χ1n) is 18.9. The summed E-state index contributed by atoms with van der Waals surface area (Å²) in [4.78, 5) is 93.9. The molecule has 5 amide bonds. The number of alkyl carbamates (subject to hydrolysis) is 1. The topological polar surface area (TPSA) is 200 Å². The molecular weight excluding hydrogens is 670 g/mol. The van der Waals surface area contributed by atoms with E-state index < -0.39 is 66.3 Å². The molecule has 0 radical (unpaired) electrons. The zero-order valence-corrected chi connectivity index (χ0v) is 30.6. The van der Waals surface area contributed by atoms with Gasteiger partial charge in [0.1, 0.15) is 12.1 Å². The lowest BCUT2D eigenvalue weighted by Gasteiger charge is -2.39. The van der Waals surface area contributed by atoms with Gasteiger partial charge in [-0.3, -0.25) is 24.0 Å². The third-order valence-corrected chi connectivity index (χ3v) is 10.4. The molecule has 1 heterocycles. The first-order valence-corrected chi connectivity index (χ1v) is 18.9. The van der Waals surface area contributed by atoms with E-state index in [-0.39, 0.29) is 42.7 Å². The number of nitrogens with one attached hydrogen (secondary N) is 4. The third-order valence-electron chi connectivity index (χ3n) is 10.4. The van der Waals surface area contributed by atoms with E-state index in [1.54, 1.807) is 42.2 Å². The van der Waals surface area contributed by atoms with Crippen LogP contribution in [0.15, 0.2) is 30.3 Å². The van der Waals surface area contributed by atoms with E-state index in [0.717, 1.165) is 57.8 Å². The molecule has 14 nitrogen and oxygen atoms in total. The van der Waals surface area contributed by atoms with Gasteiger partial charge in [-0.15, -0.1) is 0 Å². The number of hydrogen-bond donors (Lipinski definition) is 5. The van der Waals surface area contributed by atoms with E-state index in [1.807, 2.05) is 13.8 Å². The Balaban J connectivity index is 1.46. The number of carbonyl (C=O) groups is 7. The fourth-order valence-corrected chi connectivity index (χ4v) is 7.81. The van der Waals surface area contributed by atoms with E-state index in [1.165, 1.54) is 0 Å². The predicted molar refractivity (Wildman–Crippen MR) is 190 cm³/mol. The van der Waals surface area contributed by atoms with Crippen molar-refractivity contribution >= 4 is 41.5 Å². The Labute approximate surface area is 305 Å². The van der Waals surface area contributed by atoms with Gasteiger partial charge < -0.3 is 36.0 Å². The molecule has 1 aliphatic heterocycles. The zero-order chi connectivity index (χ0) is 37.8. The summed E-state index contributed by atoms with van der Waals surface area (Å²) in [5.74, 6) is -4.93. The van der Waals surface area contributed by atoms with Crippen molar-refractivity contribution in [3.8, 4) is 0 Å². The Hall–Kier alpha value is -4.49. The number of carboxylic acid groups (broad SMARTS) is 1. The minimum absolute atomic E-state index is 0.0843. The highest BCUT2D eigenvalue weighted by Gasteiger charge is 2.50. The Morgan fingerprint density at radius 2 is 1.56 bits per heavy atom. The van der Waals surface area contributed by atoms with Crippen molar-refractivity contribution in [3.63, 3.8) is 0 Å². The largest absolute Gasteiger partial charge is 0.479 e. The number of carboxylic acids is 1. The van der Waals surface area contributed by atoms with Crippen molar-refractivity contribution in [2.75, 3.05) is 13.2 Å². The van der Waals surface area contributed by atoms with Crippen LogP contribution in [0.4, 0.5) is 4.79 Å². The lowest BCUT2D eigenvalue weighted by molar-refractivity contribution is -0.145. The summed E-state index contributed by atoms with van der Waals surface area (Å²) in [7, 11) is 0. The Bertz CT molecular complexity index is 1430. The number of ether oxygens (including phenoxy) is 1. The average Bonchev–Trinajstić information content (AvgIpc) is 3.54. The fraction of sp³-hybridized carbons (Fsp3) is 0.658. The van der Waals surface area contributed by atoms with Crippen LogP contribution in [-0.2, 0) is 33.5 Å². The van der Waals surface area contributed by atoms with E-state index in [4.69, 9.17) is 4.74 Å². The number of nitrogens with zero attached hydrogens (tertiary/aromatic N) is 1. The number of amides is 5. The molecule has 14 heteroatoms. The van der Waals surface area contributed by atoms with Gasteiger partial charge in [-0.2, -0.15) is 0 Å². The van der Waals surface area contributed by atoms with Crippen molar-refractivity contribution in [2.24, 2.45) is 17.8 Å². The van der Waals surface area contributed by atoms with Crippen molar-refractivity contribution in [1.82, 2.24) is 26.2 Å². The maximum absolute atomic E-state index is 14.6. The molecule has 286 valence electrons. The van der Waals surface area contributed by atoms with Gasteiger partial charge in [0, 0.05) is 6.04 Å². The standard InChI is InChI=1S/C38H55N5O9/c1-4-13-27(33(45)35(47)39-21-30(44)41-32(37(49)50)25-16-9-6-10-17-25)40-34(46)29-20-26-18-11-12-19-28(26)43(29)36(48)31(24-14-7-5-8-15-24)42-38(51)52-22-23(2)3/h6,9-10,16-17,23-24,26-29,31-32H,4-5,7-8,11-15,18-22H2,1-3H3,(H,39,47)(H,40,46)(H,41,44)(H,42,51)(H,49,50)/t26-,27?,28-,29-,31-,32-/m0/s1. The molecule has 0 spiro atoms. The molecule has 1 aromatic carbocycles. The Morgan fingerprint density at radius 1 is 0.885 bits per heavy atom. The maximum atomic E-state index is 14.6. The van der Waals surface area contributed by atoms with Gasteiger partial charge in [-0.25, -0.2) is 9.59 Å². The lowest BCUT2D eigenvalue weighted by Crippen LogP contribution is -2.60. The lowest BCUT2D eigenvalue weighted by atomic mass is 9.82. The molecule has 3 aliphatic rings. The summed E-state index contributed by atoms with van der Waals surface area (Å²) in [5.41, 5.74) is 0.336. The molecule has 5 N–H and O–H groups in total. The molecule has 2 aliphatic carbocycles. The minimum atomic E-state index is -1.35. The van der Waals surface area contributed by atoms with Gasteiger partial charge in [0.25, 0.3) is 5.91 Å². The molecule has 3 fully saturated rings. The normalized spacial score (nSPS) is 21.9. The Kier molecular flexibility index (Phi) is 15.0. The second-order valence-electron chi connectivity index (χ2n) is 14.8. The number of hydrogen-bond acceptors (Lipinski definition) is 8. The number of carbonyl (C=O) groups excluding carboxylic acids is 6. The third kappa shape index (κ3) is 10.8. The highest BCUT2D eigenvalue weighted by atomic mass is 16.5. The van der Waals surface area contributed by atoms with Gasteiger partial charge in [-0.05, 0) is 61.8 Å². The maximum Gasteiger partial charge on any atom is 0.407 e. The van der Waals surface area contributed by atoms with Crippen LogP contribution in [0.25, 0.3) is 0 Å². The number of aliphatic carboxylic acids is 1. The molecule has 1 saturated heterocycles. The molecule has 1 unspecified atom stereocenters. The molecule has 2 saturated carbocycles. The first kappa shape index (κ1) is 40.3. The number of likely N-dealkylation sites (tertiary alicyclic amines) is 1. The highest BCUT2D eigenvalue weighted by molar-refractivity contribution is 6.38. The van der Waals surface area contributed by atoms with Crippen LogP contribution in [0, 0.1) is 17.8 Å². The minimum Gasteiger partial charge on any atom is -0.479 e. The van der Waals surface area contributed by atoms with Crippen LogP contribution in [0.3, 0.4) is 0 Å². The molecule has 4 rings (SSSR count). The van der Waals surface area contributed by atoms with Crippen molar-refractivity contribution in [1.29, 1.82) is 0 Å². The number of ketones is 1. The Morgan fingerprint density at radius 3 is 2.21 bits per heavy atom. The van der Waals surface area contributed by atoms with E-state index in [0.29, 0.717) is 18.4 Å². The summed E-state index contributed by atoms with van der Waals surface area (Å²) in [5, 5.41) is 19.8. The number of Topliss-reactive ketones (excluding diaryl/α,β-unsaturated/α-hetero) is 1. The summed E-state index contributed by atoms with van der Waals surface area (Å²) in [6.45, 7) is 5.20. The van der Waals surface area contributed by atoms with Crippen LogP contribution in [-0.4, -0.2) is 88.8 Å². The van der Waals surface area contributed by atoms with E-state index >= 15 is 0 Å². The van der Waals surface area contributed by atoms with Gasteiger partial charge in [-0.1, -0.05) is 89.6 Å². The summed E-state index contributed by atoms with van der Waals surface area (Å²) >= 11 is 0. The van der Waals surface area contributed by atoms with Crippen molar-refractivity contribution in [3.05, 3.63) is 35.9 Å². The van der Waals surface area contributed by atoms with Crippen LogP contribution < -0.4 is 21.3 Å². The number of fused-ring (bicyclic) bond motifs is 1. The highest BCUT2D eigenvalue weighted by Crippen LogP contribution is 2.41. The number of benzene rings is 1. The van der Waals surface area contributed by atoms with Crippen LogP contribution in [0.1, 0.15) is 109 Å². The molecule has 1 aromatic rings. The number of rotatable bonds is 16. The fourth-order valence-electron chi connectivity index (χ4n) is 7.81. The molecular formula is C38H55N5O9. The van der Waals surface area contributed by atoms with E-state index in [9.17, 15) is 38.7 Å². The first-order chi connectivity index (χ1) is 24.9. The van der Waals surface area contributed by atoms with Crippen molar-refractivity contribution in [2.45, 2.75) is 128 Å². The average molecular weight is 726 g/mol. The smallest absolute Gasteiger partial charge is 0.407 e. The zero-order valence-electron chi connectivity index (χ0n) is 30.6. The summed E-state index contributed by atoms with van der Waals surface area (Å²) in [6, 6.07) is 3.54. The van der Waals surface area contributed by atoms with Gasteiger partial charge in [0.05, 0.1) is 19.2 Å².